The van der Waals surface area contributed by atoms with Crippen LogP contribution >= 0.6 is 23.2 Å². The summed E-state index contributed by atoms with van der Waals surface area (Å²) in [5, 5.41) is 4.20. The molecule has 0 aliphatic heterocycles. The predicted molar refractivity (Wildman–Crippen MR) is 108 cm³/mol. The molecule has 2 aromatic carbocycles. The molecule has 0 saturated carbocycles. The molecule has 0 aliphatic carbocycles. The van der Waals surface area contributed by atoms with Gasteiger partial charge in [-0.1, -0.05) is 55.2 Å². The molecule has 0 radical (unpaired) electrons. The summed E-state index contributed by atoms with van der Waals surface area (Å²) in [6.07, 6.45) is 1.91. The first-order valence-electron chi connectivity index (χ1n) is 8.76. The van der Waals surface area contributed by atoms with Gasteiger partial charge >= 0.3 is 0 Å². The molecule has 1 atom stereocenters. The van der Waals surface area contributed by atoms with E-state index in [4.69, 9.17) is 27.9 Å². The second-order valence-electron chi connectivity index (χ2n) is 6.77. The van der Waals surface area contributed by atoms with Crippen LogP contribution in [0.5, 0.6) is 5.75 Å². The molecule has 1 N–H and O–H groups in total. The van der Waals surface area contributed by atoms with Crippen LogP contribution in [0.1, 0.15) is 43.9 Å². The highest BCUT2D eigenvalue weighted by Gasteiger charge is 2.16. The molecular formula is C21H25Cl2NO2. The van der Waals surface area contributed by atoms with Crippen molar-refractivity contribution >= 4 is 29.1 Å². The SMILES string of the molecule is COc1ccc(C(CC(C)C)NC(=O)CCc2ccc(Cl)c(Cl)c2)cc1. The molecule has 1 unspecified atom stereocenters. The summed E-state index contributed by atoms with van der Waals surface area (Å²) < 4.78 is 5.21. The van der Waals surface area contributed by atoms with Gasteiger partial charge in [0, 0.05) is 6.42 Å². The number of carbonyl (C=O) groups is 1. The topological polar surface area (TPSA) is 38.3 Å². The zero-order valence-electron chi connectivity index (χ0n) is 15.4. The fraction of sp³-hybridized carbons (Fsp3) is 0.381. The molecule has 2 rings (SSSR count). The predicted octanol–water partition coefficient (Wildman–Crippen LogP) is 5.84. The fourth-order valence-electron chi connectivity index (χ4n) is 2.81. The van der Waals surface area contributed by atoms with E-state index in [1.165, 1.54) is 0 Å². The maximum Gasteiger partial charge on any atom is 0.220 e. The molecule has 140 valence electrons. The lowest BCUT2D eigenvalue weighted by molar-refractivity contribution is -0.121. The minimum Gasteiger partial charge on any atom is -0.497 e. The summed E-state index contributed by atoms with van der Waals surface area (Å²) in [5.74, 6) is 1.30. The molecule has 0 saturated heterocycles. The maximum absolute atomic E-state index is 12.5. The third-order valence-electron chi connectivity index (χ3n) is 4.19. The Labute approximate surface area is 165 Å². The minimum absolute atomic E-state index is 0.0118. The summed E-state index contributed by atoms with van der Waals surface area (Å²) in [7, 11) is 1.64. The second-order valence-corrected chi connectivity index (χ2v) is 7.59. The number of aryl methyl sites for hydroxylation is 1. The van der Waals surface area contributed by atoms with Crippen molar-refractivity contribution in [3.8, 4) is 5.75 Å². The second kappa shape index (κ2) is 9.84. The van der Waals surface area contributed by atoms with Crippen LogP contribution in [-0.2, 0) is 11.2 Å². The van der Waals surface area contributed by atoms with E-state index >= 15 is 0 Å². The standard InChI is InChI=1S/C21H25Cl2NO2/c1-14(2)12-20(16-6-8-17(26-3)9-7-16)24-21(25)11-5-15-4-10-18(22)19(23)13-15/h4,6-10,13-14,20H,5,11-12H2,1-3H3,(H,24,25). The molecule has 26 heavy (non-hydrogen) atoms. The fourth-order valence-corrected chi connectivity index (χ4v) is 3.13. The number of amides is 1. The van der Waals surface area contributed by atoms with Gasteiger partial charge in [0.05, 0.1) is 23.2 Å². The summed E-state index contributed by atoms with van der Waals surface area (Å²) in [4.78, 5) is 12.5. The van der Waals surface area contributed by atoms with Crippen LogP contribution in [-0.4, -0.2) is 13.0 Å². The molecule has 0 heterocycles. The van der Waals surface area contributed by atoms with E-state index in [0.29, 0.717) is 28.8 Å². The number of halogens is 2. The number of ether oxygens (including phenoxy) is 1. The largest absolute Gasteiger partial charge is 0.497 e. The monoisotopic (exact) mass is 393 g/mol. The molecular weight excluding hydrogens is 369 g/mol. The van der Waals surface area contributed by atoms with Gasteiger partial charge in [-0.15, -0.1) is 0 Å². The number of methoxy groups -OCH3 is 1. The van der Waals surface area contributed by atoms with Crippen LogP contribution in [0.4, 0.5) is 0 Å². The molecule has 0 spiro atoms. The molecule has 0 bridgehead atoms. The molecule has 0 aliphatic rings. The van der Waals surface area contributed by atoms with Crippen molar-refractivity contribution in [3.05, 3.63) is 63.6 Å². The van der Waals surface area contributed by atoms with Crippen LogP contribution in [0.2, 0.25) is 10.0 Å². The third-order valence-corrected chi connectivity index (χ3v) is 4.92. The Kier molecular flexibility index (Phi) is 7.80. The van der Waals surface area contributed by atoms with Crippen molar-refractivity contribution in [1.82, 2.24) is 5.32 Å². The Morgan fingerprint density at radius 1 is 1.08 bits per heavy atom. The van der Waals surface area contributed by atoms with Gasteiger partial charge in [-0.25, -0.2) is 0 Å². The zero-order chi connectivity index (χ0) is 19.1. The van der Waals surface area contributed by atoms with Crippen LogP contribution < -0.4 is 10.1 Å². The van der Waals surface area contributed by atoms with E-state index < -0.39 is 0 Å². The van der Waals surface area contributed by atoms with E-state index in [1.54, 1.807) is 13.2 Å². The van der Waals surface area contributed by atoms with Gasteiger partial charge in [0.2, 0.25) is 5.91 Å². The minimum atomic E-state index is -0.0118. The highest BCUT2D eigenvalue weighted by Crippen LogP contribution is 2.25. The Balaban J connectivity index is 1.99. The van der Waals surface area contributed by atoms with Gasteiger partial charge in [0.1, 0.15) is 5.75 Å². The molecule has 1 amide bonds. The van der Waals surface area contributed by atoms with Gasteiger partial charge in [-0.05, 0) is 54.2 Å². The molecule has 3 nitrogen and oxygen atoms in total. The van der Waals surface area contributed by atoms with Gasteiger partial charge < -0.3 is 10.1 Å². The van der Waals surface area contributed by atoms with Gasteiger partial charge in [-0.2, -0.15) is 0 Å². The van der Waals surface area contributed by atoms with Crippen LogP contribution in [0, 0.1) is 5.92 Å². The lowest BCUT2D eigenvalue weighted by Gasteiger charge is -2.21. The quantitative estimate of drug-likeness (QED) is 0.611. The third kappa shape index (κ3) is 6.22. The number of carbonyl (C=O) groups excluding carboxylic acids is 1. The summed E-state index contributed by atoms with van der Waals surface area (Å²) in [6.45, 7) is 4.30. The summed E-state index contributed by atoms with van der Waals surface area (Å²) in [6, 6.07) is 13.3. The first-order valence-corrected chi connectivity index (χ1v) is 9.52. The molecule has 0 aromatic heterocycles. The zero-order valence-corrected chi connectivity index (χ0v) is 16.9. The van der Waals surface area contributed by atoms with E-state index in [-0.39, 0.29) is 11.9 Å². The molecule has 5 heteroatoms. The average molecular weight is 394 g/mol. The highest BCUT2D eigenvalue weighted by atomic mass is 35.5. The van der Waals surface area contributed by atoms with Crippen LogP contribution in [0.25, 0.3) is 0 Å². The number of hydrogen-bond acceptors (Lipinski definition) is 2. The molecule has 2 aromatic rings. The van der Waals surface area contributed by atoms with E-state index in [2.05, 4.69) is 19.2 Å². The Morgan fingerprint density at radius 3 is 2.35 bits per heavy atom. The van der Waals surface area contributed by atoms with Gasteiger partial charge in [0.25, 0.3) is 0 Å². The van der Waals surface area contributed by atoms with Crippen LogP contribution in [0.3, 0.4) is 0 Å². The number of hydrogen-bond donors (Lipinski definition) is 1. The van der Waals surface area contributed by atoms with Crippen LogP contribution in [0.15, 0.2) is 42.5 Å². The smallest absolute Gasteiger partial charge is 0.220 e. The maximum atomic E-state index is 12.5. The normalized spacial score (nSPS) is 12.1. The van der Waals surface area contributed by atoms with Gasteiger partial charge in [-0.3, -0.25) is 4.79 Å². The van der Waals surface area contributed by atoms with Crippen molar-refractivity contribution in [3.63, 3.8) is 0 Å². The summed E-state index contributed by atoms with van der Waals surface area (Å²) in [5.41, 5.74) is 2.08. The average Bonchev–Trinajstić information content (AvgIpc) is 2.62. The lowest BCUT2D eigenvalue weighted by Crippen LogP contribution is -2.29. The van der Waals surface area contributed by atoms with E-state index in [9.17, 15) is 4.79 Å². The highest BCUT2D eigenvalue weighted by molar-refractivity contribution is 6.42. The Hall–Kier alpha value is -1.71. The van der Waals surface area contributed by atoms with E-state index in [0.717, 1.165) is 23.3 Å². The summed E-state index contributed by atoms with van der Waals surface area (Å²) >= 11 is 12.0. The Bertz CT molecular complexity index is 729. The van der Waals surface area contributed by atoms with Crippen molar-refractivity contribution in [2.75, 3.05) is 7.11 Å². The number of benzene rings is 2. The number of nitrogens with one attached hydrogen (secondary N) is 1. The lowest BCUT2D eigenvalue weighted by atomic mass is 9.96. The first kappa shape index (κ1) is 20.6. The molecule has 0 fully saturated rings. The van der Waals surface area contributed by atoms with E-state index in [1.807, 2.05) is 36.4 Å². The van der Waals surface area contributed by atoms with Crippen molar-refractivity contribution < 1.29 is 9.53 Å². The van der Waals surface area contributed by atoms with Crippen molar-refractivity contribution in [1.29, 1.82) is 0 Å². The Morgan fingerprint density at radius 2 is 1.77 bits per heavy atom. The van der Waals surface area contributed by atoms with Crippen molar-refractivity contribution in [2.24, 2.45) is 5.92 Å². The first-order chi connectivity index (χ1) is 12.4. The van der Waals surface area contributed by atoms with Gasteiger partial charge in [0.15, 0.2) is 0 Å². The number of rotatable bonds is 8. The van der Waals surface area contributed by atoms with Crippen molar-refractivity contribution in [2.45, 2.75) is 39.2 Å².